The van der Waals surface area contributed by atoms with E-state index in [1.54, 1.807) is 14.2 Å². The van der Waals surface area contributed by atoms with Crippen molar-refractivity contribution in [3.8, 4) is 5.75 Å². The van der Waals surface area contributed by atoms with Crippen molar-refractivity contribution in [2.24, 2.45) is 10.4 Å². The zero-order chi connectivity index (χ0) is 18.0. The first-order valence-electron chi connectivity index (χ1n) is 8.28. The van der Waals surface area contributed by atoms with E-state index in [1.165, 1.54) is 5.56 Å². The van der Waals surface area contributed by atoms with Crippen molar-refractivity contribution in [1.82, 2.24) is 16.0 Å². The van der Waals surface area contributed by atoms with Crippen LogP contribution in [-0.4, -0.2) is 45.7 Å². The molecule has 0 heterocycles. The number of nitrogens with zero attached hydrogens (tertiary/aromatic N) is 1. The molecular formula is C18H30N4O2. The smallest absolute Gasteiger partial charge is 0.227 e. The maximum Gasteiger partial charge on any atom is 0.227 e. The highest BCUT2D eigenvalue weighted by Crippen LogP contribution is 2.13. The molecule has 0 saturated carbocycles. The predicted molar refractivity (Wildman–Crippen MR) is 98.5 cm³/mol. The largest absolute Gasteiger partial charge is 0.497 e. The van der Waals surface area contributed by atoms with E-state index >= 15 is 0 Å². The molecule has 1 rings (SSSR count). The summed E-state index contributed by atoms with van der Waals surface area (Å²) in [6, 6.07) is 8.01. The minimum atomic E-state index is -0.496. The molecule has 0 atom stereocenters. The van der Waals surface area contributed by atoms with Gasteiger partial charge in [0.2, 0.25) is 5.91 Å². The molecule has 0 fully saturated rings. The summed E-state index contributed by atoms with van der Waals surface area (Å²) in [5, 5.41) is 9.33. The molecule has 0 bridgehead atoms. The maximum absolute atomic E-state index is 12.0. The Morgan fingerprint density at radius 3 is 2.38 bits per heavy atom. The molecule has 3 N–H and O–H groups in total. The lowest BCUT2D eigenvalue weighted by Crippen LogP contribution is -2.48. The maximum atomic E-state index is 12.0. The van der Waals surface area contributed by atoms with Gasteiger partial charge in [-0.2, -0.15) is 0 Å². The number of ether oxygens (including phenoxy) is 1. The first-order valence-corrected chi connectivity index (χ1v) is 8.28. The van der Waals surface area contributed by atoms with Crippen LogP contribution in [0.5, 0.6) is 5.75 Å². The van der Waals surface area contributed by atoms with Crippen LogP contribution in [0.15, 0.2) is 29.3 Å². The second-order valence-electron chi connectivity index (χ2n) is 6.19. The number of rotatable bonds is 8. The summed E-state index contributed by atoms with van der Waals surface area (Å²) in [4.78, 5) is 16.2. The Hall–Kier alpha value is -2.24. The zero-order valence-corrected chi connectivity index (χ0v) is 15.4. The van der Waals surface area contributed by atoms with Gasteiger partial charge in [0.15, 0.2) is 5.96 Å². The molecule has 0 saturated heterocycles. The fourth-order valence-electron chi connectivity index (χ4n) is 2.12. The molecule has 1 aromatic carbocycles. The first-order chi connectivity index (χ1) is 11.4. The molecular weight excluding hydrogens is 304 g/mol. The summed E-state index contributed by atoms with van der Waals surface area (Å²) in [7, 11) is 3.39. The summed E-state index contributed by atoms with van der Waals surface area (Å²) in [5.41, 5.74) is 0.727. The third kappa shape index (κ3) is 6.48. The third-order valence-electron chi connectivity index (χ3n) is 3.74. The quantitative estimate of drug-likeness (QED) is 0.498. The first kappa shape index (κ1) is 19.8. The lowest BCUT2D eigenvalue weighted by Gasteiger charge is -2.24. The van der Waals surface area contributed by atoms with Crippen LogP contribution in [-0.2, 0) is 11.2 Å². The van der Waals surface area contributed by atoms with Crippen LogP contribution >= 0.6 is 0 Å². The van der Waals surface area contributed by atoms with E-state index in [-0.39, 0.29) is 5.91 Å². The Morgan fingerprint density at radius 2 is 1.83 bits per heavy atom. The number of nitrogens with one attached hydrogen (secondary N) is 3. The Bertz CT molecular complexity index is 538. The van der Waals surface area contributed by atoms with Crippen LogP contribution in [0.2, 0.25) is 0 Å². The summed E-state index contributed by atoms with van der Waals surface area (Å²) >= 11 is 0. The van der Waals surface area contributed by atoms with Gasteiger partial charge in [0, 0.05) is 26.7 Å². The number of carbonyl (C=O) groups is 1. The minimum absolute atomic E-state index is 0.0335. The number of methoxy groups -OCH3 is 1. The second-order valence-corrected chi connectivity index (χ2v) is 6.19. The molecule has 6 heteroatoms. The lowest BCUT2D eigenvalue weighted by atomic mass is 9.92. The molecule has 0 radical (unpaired) electrons. The van der Waals surface area contributed by atoms with Crippen molar-refractivity contribution in [1.29, 1.82) is 0 Å². The lowest BCUT2D eigenvalue weighted by molar-refractivity contribution is -0.128. The van der Waals surface area contributed by atoms with E-state index in [4.69, 9.17) is 4.74 Å². The van der Waals surface area contributed by atoms with Gasteiger partial charge in [-0.3, -0.25) is 9.79 Å². The van der Waals surface area contributed by atoms with Gasteiger partial charge in [-0.1, -0.05) is 12.1 Å². The van der Waals surface area contributed by atoms with Crippen molar-refractivity contribution >= 4 is 11.9 Å². The molecule has 0 spiro atoms. The van der Waals surface area contributed by atoms with Crippen LogP contribution in [0.3, 0.4) is 0 Å². The van der Waals surface area contributed by atoms with E-state index in [0.717, 1.165) is 18.7 Å². The summed E-state index contributed by atoms with van der Waals surface area (Å²) in [6.45, 7) is 7.65. The molecule has 134 valence electrons. The Morgan fingerprint density at radius 1 is 1.17 bits per heavy atom. The highest BCUT2D eigenvalue weighted by Gasteiger charge is 2.27. The van der Waals surface area contributed by atoms with Gasteiger partial charge in [-0.05, 0) is 44.9 Å². The van der Waals surface area contributed by atoms with Crippen molar-refractivity contribution in [3.63, 3.8) is 0 Å². The van der Waals surface area contributed by atoms with Gasteiger partial charge in [0.25, 0.3) is 0 Å². The fraction of sp³-hybridized carbons (Fsp3) is 0.556. The SMILES string of the molecule is CCNC(=O)C(C)(C)CNC(=NC)NCCc1ccc(OC)cc1. The monoisotopic (exact) mass is 334 g/mol. The molecule has 1 aromatic rings. The summed E-state index contributed by atoms with van der Waals surface area (Å²) < 4.78 is 5.15. The van der Waals surface area contributed by atoms with Crippen LogP contribution in [0.4, 0.5) is 0 Å². The Kier molecular flexibility index (Phi) is 8.09. The number of benzene rings is 1. The summed E-state index contributed by atoms with van der Waals surface area (Å²) in [6.07, 6.45) is 0.879. The van der Waals surface area contributed by atoms with Crippen LogP contribution in [0, 0.1) is 5.41 Å². The van der Waals surface area contributed by atoms with E-state index in [2.05, 4.69) is 33.1 Å². The van der Waals surface area contributed by atoms with Gasteiger partial charge < -0.3 is 20.7 Å². The number of amides is 1. The van der Waals surface area contributed by atoms with E-state index in [9.17, 15) is 4.79 Å². The number of aliphatic imine (C=N–C) groups is 1. The highest BCUT2D eigenvalue weighted by molar-refractivity contribution is 5.84. The van der Waals surface area contributed by atoms with Gasteiger partial charge in [-0.15, -0.1) is 0 Å². The number of hydrogen-bond donors (Lipinski definition) is 3. The van der Waals surface area contributed by atoms with E-state index in [1.807, 2.05) is 32.9 Å². The molecule has 0 aliphatic carbocycles. The molecule has 0 aliphatic rings. The number of guanidine groups is 1. The van der Waals surface area contributed by atoms with Gasteiger partial charge in [-0.25, -0.2) is 0 Å². The highest BCUT2D eigenvalue weighted by atomic mass is 16.5. The van der Waals surface area contributed by atoms with Crippen molar-refractivity contribution in [2.75, 3.05) is 33.8 Å². The van der Waals surface area contributed by atoms with Crippen LogP contribution in [0.1, 0.15) is 26.3 Å². The van der Waals surface area contributed by atoms with Gasteiger partial charge >= 0.3 is 0 Å². The van der Waals surface area contributed by atoms with E-state index < -0.39 is 5.41 Å². The molecule has 0 aliphatic heterocycles. The average Bonchev–Trinajstić information content (AvgIpc) is 2.58. The van der Waals surface area contributed by atoms with Gasteiger partial charge in [0.1, 0.15) is 5.75 Å². The van der Waals surface area contributed by atoms with Crippen LogP contribution in [0.25, 0.3) is 0 Å². The third-order valence-corrected chi connectivity index (χ3v) is 3.74. The Balaban J connectivity index is 2.40. The van der Waals surface area contributed by atoms with Crippen molar-refractivity contribution < 1.29 is 9.53 Å². The number of hydrogen-bond acceptors (Lipinski definition) is 3. The van der Waals surface area contributed by atoms with E-state index in [0.29, 0.717) is 19.0 Å². The molecule has 0 unspecified atom stereocenters. The Labute approximate surface area is 145 Å². The van der Waals surface area contributed by atoms with Crippen molar-refractivity contribution in [3.05, 3.63) is 29.8 Å². The minimum Gasteiger partial charge on any atom is -0.497 e. The van der Waals surface area contributed by atoms with Crippen molar-refractivity contribution in [2.45, 2.75) is 27.2 Å². The standard InChI is InChI=1S/C18H30N4O2/c1-6-20-16(23)18(2,3)13-22-17(19-4)21-12-11-14-7-9-15(24-5)10-8-14/h7-10H,6,11-13H2,1-5H3,(H,20,23)(H2,19,21,22). The van der Waals surface area contributed by atoms with Gasteiger partial charge in [0.05, 0.1) is 12.5 Å². The second kappa shape index (κ2) is 9.80. The molecule has 24 heavy (non-hydrogen) atoms. The number of carbonyl (C=O) groups excluding carboxylic acids is 1. The molecule has 1 amide bonds. The topological polar surface area (TPSA) is 74.8 Å². The average molecular weight is 334 g/mol. The predicted octanol–water partition coefficient (Wildman–Crippen LogP) is 1.57. The molecule has 0 aromatic heterocycles. The van der Waals surface area contributed by atoms with Crippen LogP contribution < -0.4 is 20.7 Å². The molecule has 6 nitrogen and oxygen atoms in total. The zero-order valence-electron chi connectivity index (χ0n) is 15.4. The normalized spacial score (nSPS) is 11.8. The summed E-state index contributed by atoms with van der Waals surface area (Å²) in [5.74, 6) is 1.59. The fourth-order valence-corrected chi connectivity index (χ4v) is 2.12.